The third kappa shape index (κ3) is 2.89. The number of hydrogen-bond acceptors (Lipinski definition) is 2. The Morgan fingerprint density at radius 1 is 0.963 bits per heavy atom. The van der Waals surface area contributed by atoms with Crippen molar-refractivity contribution in [2.75, 3.05) is 18.4 Å². The fraction of sp³-hybridized carbons (Fsp3) is 0.458. The van der Waals surface area contributed by atoms with Gasteiger partial charge in [0, 0.05) is 18.8 Å². The molecule has 3 aliphatic rings. The minimum Gasteiger partial charge on any atom is -0.325 e. The van der Waals surface area contributed by atoms with Crippen LogP contribution in [-0.2, 0) is 29.6 Å². The second-order valence-corrected chi connectivity index (χ2v) is 8.48. The first-order valence-corrected chi connectivity index (χ1v) is 10.5. The van der Waals surface area contributed by atoms with Crippen molar-refractivity contribution in [3.63, 3.8) is 0 Å². The average Bonchev–Trinajstić information content (AvgIpc) is 2.99. The quantitative estimate of drug-likeness (QED) is 0.800. The number of fused-ring (bicyclic) bond motifs is 1. The molecule has 1 N–H and O–H groups in total. The van der Waals surface area contributed by atoms with Gasteiger partial charge >= 0.3 is 0 Å². The van der Waals surface area contributed by atoms with E-state index in [-0.39, 0.29) is 11.3 Å². The topological polar surface area (TPSA) is 32.3 Å². The van der Waals surface area contributed by atoms with Crippen LogP contribution in [-0.4, -0.2) is 23.9 Å². The molecule has 0 spiro atoms. The summed E-state index contributed by atoms with van der Waals surface area (Å²) < 4.78 is 0. The standard InChI is InChI=1S/C24H28N2O/c27-23-24(14-6-10-19-9-5-11-21(25-23)22(19)24)13-3-4-15-26-16-12-18-7-1-2-8-20(18)17-26/h1-2,5,7-9,11H,3-4,6,10,12-17H2,(H,25,27)/t24-/m1/s1. The van der Waals surface area contributed by atoms with Crippen LogP contribution in [0.25, 0.3) is 0 Å². The van der Waals surface area contributed by atoms with E-state index in [0.717, 1.165) is 57.4 Å². The summed E-state index contributed by atoms with van der Waals surface area (Å²) in [5.74, 6) is 0.247. The van der Waals surface area contributed by atoms with Crippen LogP contribution in [0.15, 0.2) is 42.5 Å². The number of carbonyl (C=O) groups is 1. The lowest BCUT2D eigenvalue weighted by molar-refractivity contribution is -0.121. The van der Waals surface area contributed by atoms with Crippen LogP contribution in [0.5, 0.6) is 0 Å². The molecule has 27 heavy (non-hydrogen) atoms. The van der Waals surface area contributed by atoms with Gasteiger partial charge in [0.25, 0.3) is 0 Å². The monoisotopic (exact) mass is 360 g/mol. The van der Waals surface area contributed by atoms with Gasteiger partial charge in [0.2, 0.25) is 5.91 Å². The van der Waals surface area contributed by atoms with Gasteiger partial charge < -0.3 is 5.32 Å². The van der Waals surface area contributed by atoms with Gasteiger partial charge in [-0.2, -0.15) is 0 Å². The average molecular weight is 361 g/mol. The van der Waals surface area contributed by atoms with Crippen molar-refractivity contribution >= 4 is 11.6 Å². The first-order valence-electron chi connectivity index (χ1n) is 10.5. The van der Waals surface area contributed by atoms with Crippen LogP contribution < -0.4 is 5.32 Å². The number of carbonyl (C=O) groups excluding carboxylic acids is 1. The smallest absolute Gasteiger partial charge is 0.235 e. The summed E-state index contributed by atoms with van der Waals surface area (Å²) >= 11 is 0. The Bertz CT molecular complexity index is 874. The molecular weight excluding hydrogens is 332 g/mol. The molecule has 0 radical (unpaired) electrons. The van der Waals surface area contributed by atoms with E-state index >= 15 is 0 Å². The third-order valence-electron chi connectivity index (χ3n) is 6.90. The number of anilines is 1. The van der Waals surface area contributed by atoms with Gasteiger partial charge in [-0.25, -0.2) is 0 Å². The van der Waals surface area contributed by atoms with E-state index in [1.165, 1.54) is 35.1 Å². The highest BCUT2D eigenvalue weighted by Gasteiger charge is 2.48. The van der Waals surface area contributed by atoms with E-state index in [2.05, 4.69) is 52.7 Å². The molecule has 2 aromatic carbocycles. The first-order chi connectivity index (χ1) is 13.3. The normalized spacial score (nSPS) is 23.6. The van der Waals surface area contributed by atoms with Gasteiger partial charge in [0.15, 0.2) is 0 Å². The molecular formula is C24H28N2O. The second-order valence-electron chi connectivity index (χ2n) is 8.48. The van der Waals surface area contributed by atoms with Crippen LogP contribution in [0.1, 0.15) is 54.4 Å². The number of hydrogen-bond donors (Lipinski definition) is 1. The Balaban J connectivity index is 1.22. The maximum atomic E-state index is 12.9. The lowest BCUT2D eigenvalue weighted by atomic mass is 9.68. The molecule has 0 unspecified atom stereocenters. The number of nitrogens with zero attached hydrogens (tertiary/aromatic N) is 1. The molecule has 1 atom stereocenters. The highest BCUT2D eigenvalue weighted by atomic mass is 16.2. The number of rotatable bonds is 5. The molecule has 140 valence electrons. The fourth-order valence-electron chi connectivity index (χ4n) is 5.52. The largest absolute Gasteiger partial charge is 0.325 e. The highest BCUT2D eigenvalue weighted by molar-refractivity contribution is 6.07. The van der Waals surface area contributed by atoms with Gasteiger partial charge in [-0.05, 0) is 73.4 Å². The Morgan fingerprint density at radius 2 is 1.81 bits per heavy atom. The number of unbranched alkanes of at least 4 members (excludes halogenated alkanes) is 1. The van der Waals surface area contributed by atoms with E-state index < -0.39 is 0 Å². The molecule has 2 aliphatic heterocycles. The van der Waals surface area contributed by atoms with Crippen molar-refractivity contribution in [2.24, 2.45) is 0 Å². The van der Waals surface area contributed by atoms with Crippen LogP contribution in [0, 0.1) is 0 Å². The molecule has 0 bridgehead atoms. The summed E-state index contributed by atoms with van der Waals surface area (Å²) in [6, 6.07) is 15.2. The van der Waals surface area contributed by atoms with Crippen molar-refractivity contribution in [3.05, 3.63) is 64.7 Å². The molecule has 1 amide bonds. The third-order valence-corrected chi connectivity index (χ3v) is 6.90. The molecule has 1 aliphatic carbocycles. The maximum Gasteiger partial charge on any atom is 0.235 e. The maximum absolute atomic E-state index is 12.9. The van der Waals surface area contributed by atoms with Crippen molar-refractivity contribution in [3.8, 4) is 0 Å². The van der Waals surface area contributed by atoms with E-state index in [9.17, 15) is 4.79 Å². The first kappa shape index (κ1) is 17.0. The molecule has 0 saturated heterocycles. The number of aryl methyl sites for hydroxylation is 1. The molecule has 3 nitrogen and oxygen atoms in total. The van der Waals surface area contributed by atoms with Crippen molar-refractivity contribution in [1.29, 1.82) is 0 Å². The van der Waals surface area contributed by atoms with Crippen molar-refractivity contribution in [2.45, 2.75) is 56.9 Å². The summed E-state index contributed by atoms with van der Waals surface area (Å²) in [6.07, 6.45) is 7.72. The van der Waals surface area contributed by atoms with Gasteiger partial charge in [0.1, 0.15) is 0 Å². The predicted octanol–water partition coefficient (Wildman–Crippen LogP) is 4.44. The number of nitrogens with one attached hydrogen (secondary N) is 1. The Hall–Kier alpha value is -2.13. The van der Waals surface area contributed by atoms with Crippen LogP contribution in [0.3, 0.4) is 0 Å². The molecule has 0 saturated carbocycles. The van der Waals surface area contributed by atoms with Crippen LogP contribution in [0.2, 0.25) is 0 Å². The number of amides is 1. The zero-order chi connectivity index (χ0) is 18.3. The van der Waals surface area contributed by atoms with E-state index in [4.69, 9.17) is 0 Å². The minimum atomic E-state index is -0.251. The van der Waals surface area contributed by atoms with Crippen molar-refractivity contribution in [1.82, 2.24) is 4.90 Å². The highest BCUT2D eigenvalue weighted by Crippen LogP contribution is 2.49. The Morgan fingerprint density at radius 3 is 2.74 bits per heavy atom. The van der Waals surface area contributed by atoms with Gasteiger partial charge in [-0.1, -0.05) is 42.8 Å². The van der Waals surface area contributed by atoms with Crippen molar-refractivity contribution < 1.29 is 4.79 Å². The van der Waals surface area contributed by atoms with E-state index in [1.54, 1.807) is 0 Å². The van der Waals surface area contributed by atoms with Crippen LogP contribution in [0.4, 0.5) is 5.69 Å². The Labute approximate surface area is 161 Å². The minimum absolute atomic E-state index is 0.247. The molecule has 2 heterocycles. The van der Waals surface area contributed by atoms with Gasteiger partial charge in [0.05, 0.1) is 5.41 Å². The van der Waals surface area contributed by atoms with Gasteiger partial charge in [-0.15, -0.1) is 0 Å². The number of benzene rings is 2. The second kappa shape index (κ2) is 6.79. The van der Waals surface area contributed by atoms with E-state index in [0.29, 0.717) is 0 Å². The SMILES string of the molecule is O=C1Nc2cccc3c2[C@@]1(CCCCN1CCc2ccccc2C1)CCC3. The fourth-order valence-corrected chi connectivity index (χ4v) is 5.52. The summed E-state index contributed by atoms with van der Waals surface area (Å²) in [4.78, 5) is 15.5. The predicted molar refractivity (Wildman–Crippen MR) is 109 cm³/mol. The Kier molecular flexibility index (Phi) is 4.28. The van der Waals surface area contributed by atoms with Gasteiger partial charge in [-0.3, -0.25) is 9.69 Å². The molecule has 3 heteroatoms. The molecule has 2 aromatic rings. The summed E-state index contributed by atoms with van der Waals surface area (Å²) in [6.45, 7) is 3.38. The lowest BCUT2D eigenvalue weighted by Gasteiger charge is -2.33. The van der Waals surface area contributed by atoms with Crippen LogP contribution >= 0.6 is 0 Å². The molecule has 0 aromatic heterocycles. The zero-order valence-corrected chi connectivity index (χ0v) is 16.0. The lowest BCUT2D eigenvalue weighted by Crippen LogP contribution is -2.37. The summed E-state index contributed by atoms with van der Waals surface area (Å²) in [5, 5.41) is 3.17. The van der Waals surface area contributed by atoms with E-state index in [1.807, 2.05) is 0 Å². The summed E-state index contributed by atoms with van der Waals surface area (Å²) in [7, 11) is 0. The molecule has 5 rings (SSSR count). The summed E-state index contributed by atoms with van der Waals surface area (Å²) in [5.41, 5.74) is 6.55. The zero-order valence-electron chi connectivity index (χ0n) is 16.0. The molecule has 0 fully saturated rings.